The first-order valence-corrected chi connectivity index (χ1v) is 4.71. The second-order valence-corrected chi connectivity index (χ2v) is 3.49. The lowest BCUT2D eigenvalue weighted by molar-refractivity contribution is -0.137. The highest BCUT2D eigenvalue weighted by atomic mass is 19.1. The molecule has 1 rings (SSSR count). The standard InChI is InChI=1S/C11H12FNO3/c1-6(11(15)16)13-10-4-8(7(2)14)3-9(12)5-10/h3-6,13H,1-2H3,(H,15,16). The third-order valence-corrected chi connectivity index (χ3v) is 2.06. The molecule has 5 heteroatoms. The Bertz CT molecular complexity index is 431. The van der Waals surface area contributed by atoms with Gasteiger partial charge in [0.2, 0.25) is 0 Å². The molecule has 16 heavy (non-hydrogen) atoms. The van der Waals surface area contributed by atoms with E-state index in [4.69, 9.17) is 5.11 Å². The van der Waals surface area contributed by atoms with Crippen molar-refractivity contribution in [2.45, 2.75) is 19.9 Å². The van der Waals surface area contributed by atoms with Gasteiger partial charge in [-0.1, -0.05) is 0 Å². The van der Waals surface area contributed by atoms with E-state index in [1.165, 1.54) is 19.9 Å². The monoisotopic (exact) mass is 225 g/mol. The molecular formula is C11H12FNO3. The van der Waals surface area contributed by atoms with E-state index < -0.39 is 17.8 Å². The maximum Gasteiger partial charge on any atom is 0.325 e. The molecule has 2 N–H and O–H groups in total. The molecule has 0 radical (unpaired) electrons. The minimum atomic E-state index is -1.05. The zero-order valence-corrected chi connectivity index (χ0v) is 8.95. The number of aliphatic carboxylic acids is 1. The van der Waals surface area contributed by atoms with Crippen LogP contribution in [-0.2, 0) is 4.79 Å². The van der Waals surface area contributed by atoms with Crippen LogP contribution in [0, 0.1) is 5.82 Å². The van der Waals surface area contributed by atoms with Crippen LogP contribution in [0.2, 0.25) is 0 Å². The van der Waals surface area contributed by atoms with Crippen molar-refractivity contribution in [3.05, 3.63) is 29.6 Å². The Balaban J connectivity index is 2.97. The predicted molar refractivity (Wildman–Crippen MR) is 57.1 cm³/mol. The average molecular weight is 225 g/mol. The summed E-state index contributed by atoms with van der Waals surface area (Å²) in [6.45, 7) is 2.75. The summed E-state index contributed by atoms with van der Waals surface area (Å²) in [6.07, 6.45) is 0. The molecular weight excluding hydrogens is 213 g/mol. The number of ketones is 1. The maximum absolute atomic E-state index is 13.1. The van der Waals surface area contributed by atoms with E-state index in [2.05, 4.69) is 5.32 Å². The van der Waals surface area contributed by atoms with Crippen molar-refractivity contribution >= 4 is 17.4 Å². The number of hydrogen-bond acceptors (Lipinski definition) is 3. The minimum Gasteiger partial charge on any atom is -0.480 e. The molecule has 86 valence electrons. The Kier molecular flexibility index (Phi) is 3.60. The van der Waals surface area contributed by atoms with Crippen LogP contribution in [0.3, 0.4) is 0 Å². The fourth-order valence-electron chi connectivity index (χ4n) is 1.19. The van der Waals surface area contributed by atoms with Crippen LogP contribution in [0.25, 0.3) is 0 Å². The molecule has 0 aliphatic heterocycles. The number of carboxylic acids is 1. The van der Waals surface area contributed by atoms with Crippen molar-refractivity contribution < 1.29 is 19.1 Å². The number of carbonyl (C=O) groups excluding carboxylic acids is 1. The van der Waals surface area contributed by atoms with Gasteiger partial charge in [0, 0.05) is 11.3 Å². The number of halogens is 1. The molecule has 1 aromatic rings. The Morgan fingerprint density at radius 3 is 2.50 bits per heavy atom. The highest BCUT2D eigenvalue weighted by Crippen LogP contribution is 2.15. The van der Waals surface area contributed by atoms with Gasteiger partial charge in [-0.3, -0.25) is 9.59 Å². The molecule has 0 fully saturated rings. The normalized spacial score (nSPS) is 11.9. The summed E-state index contributed by atoms with van der Waals surface area (Å²) in [7, 11) is 0. The van der Waals surface area contributed by atoms with Gasteiger partial charge in [-0.05, 0) is 32.0 Å². The lowest BCUT2D eigenvalue weighted by atomic mass is 10.1. The summed E-state index contributed by atoms with van der Waals surface area (Å²) < 4.78 is 13.1. The zero-order chi connectivity index (χ0) is 12.3. The lowest BCUT2D eigenvalue weighted by Crippen LogP contribution is -2.25. The Labute approximate surface area is 92.1 Å². The predicted octanol–water partition coefficient (Wildman–Crippen LogP) is 1.91. The third-order valence-electron chi connectivity index (χ3n) is 2.06. The molecule has 0 heterocycles. The van der Waals surface area contributed by atoms with Gasteiger partial charge in [-0.15, -0.1) is 0 Å². The molecule has 1 aromatic carbocycles. The van der Waals surface area contributed by atoms with Gasteiger partial charge in [0.05, 0.1) is 0 Å². The van der Waals surface area contributed by atoms with E-state index in [9.17, 15) is 14.0 Å². The van der Waals surface area contributed by atoms with Gasteiger partial charge in [0.25, 0.3) is 0 Å². The van der Waals surface area contributed by atoms with E-state index in [1.807, 2.05) is 0 Å². The molecule has 0 aromatic heterocycles. The smallest absolute Gasteiger partial charge is 0.325 e. The summed E-state index contributed by atoms with van der Waals surface area (Å²) in [5, 5.41) is 11.3. The fourth-order valence-corrected chi connectivity index (χ4v) is 1.19. The van der Waals surface area contributed by atoms with Crippen LogP contribution >= 0.6 is 0 Å². The molecule has 0 spiro atoms. The first-order chi connectivity index (χ1) is 7.40. The highest BCUT2D eigenvalue weighted by Gasteiger charge is 2.12. The minimum absolute atomic E-state index is 0.208. The zero-order valence-electron chi connectivity index (χ0n) is 8.95. The highest BCUT2D eigenvalue weighted by molar-refractivity contribution is 5.95. The summed E-state index contributed by atoms with van der Waals surface area (Å²) >= 11 is 0. The number of nitrogens with one attached hydrogen (secondary N) is 1. The van der Waals surface area contributed by atoms with Crippen molar-refractivity contribution in [1.29, 1.82) is 0 Å². The molecule has 0 aliphatic rings. The molecule has 1 atom stereocenters. The van der Waals surface area contributed by atoms with Crippen molar-refractivity contribution in [1.82, 2.24) is 0 Å². The van der Waals surface area contributed by atoms with Crippen LogP contribution < -0.4 is 5.32 Å². The Morgan fingerprint density at radius 1 is 1.38 bits per heavy atom. The molecule has 0 saturated carbocycles. The number of Topliss-reactive ketones (excluding diaryl/α,β-unsaturated/α-hetero) is 1. The van der Waals surface area contributed by atoms with Gasteiger partial charge < -0.3 is 10.4 Å². The molecule has 0 amide bonds. The molecule has 0 bridgehead atoms. The van der Waals surface area contributed by atoms with Gasteiger partial charge in [0.15, 0.2) is 5.78 Å². The number of carbonyl (C=O) groups is 2. The fraction of sp³-hybridized carbons (Fsp3) is 0.273. The Morgan fingerprint density at radius 2 is 2.00 bits per heavy atom. The number of anilines is 1. The van der Waals surface area contributed by atoms with E-state index in [1.54, 1.807) is 0 Å². The number of benzene rings is 1. The molecule has 4 nitrogen and oxygen atoms in total. The number of rotatable bonds is 4. The van der Waals surface area contributed by atoms with Gasteiger partial charge in [0.1, 0.15) is 11.9 Å². The number of hydrogen-bond donors (Lipinski definition) is 2. The van der Waals surface area contributed by atoms with E-state index in [0.29, 0.717) is 0 Å². The second kappa shape index (κ2) is 4.74. The number of carboxylic acid groups (broad SMARTS) is 1. The van der Waals surface area contributed by atoms with Crippen molar-refractivity contribution in [2.24, 2.45) is 0 Å². The van der Waals surface area contributed by atoms with Crippen LogP contribution in [0.1, 0.15) is 24.2 Å². The first-order valence-electron chi connectivity index (χ1n) is 4.71. The Hall–Kier alpha value is -1.91. The summed E-state index contributed by atoms with van der Waals surface area (Å²) in [5.74, 6) is -1.90. The van der Waals surface area contributed by atoms with Crippen LogP contribution in [0.4, 0.5) is 10.1 Å². The summed E-state index contributed by atoms with van der Waals surface area (Å²) in [5.41, 5.74) is 0.486. The van der Waals surface area contributed by atoms with Crippen LogP contribution in [-0.4, -0.2) is 22.9 Å². The van der Waals surface area contributed by atoms with E-state index in [0.717, 1.165) is 12.1 Å². The summed E-state index contributed by atoms with van der Waals surface area (Å²) in [4.78, 5) is 21.6. The topological polar surface area (TPSA) is 66.4 Å². The van der Waals surface area contributed by atoms with Crippen molar-refractivity contribution in [3.63, 3.8) is 0 Å². The maximum atomic E-state index is 13.1. The SMILES string of the molecule is CC(=O)c1cc(F)cc(NC(C)C(=O)O)c1. The largest absolute Gasteiger partial charge is 0.480 e. The third kappa shape index (κ3) is 3.05. The van der Waals surface area contributed by atoms with E-state index in [-0.39, 0.29) is 17.0 Å². The first kappa shape index (κ1) is 12.2. The molecule has 0 saturated heterocycles. The van der Waals surface area contributed by atoms with Crippen molar-refractivity contribution in [3.8, 4) is 0 Å². The second-order valence-electron chi connectivity index (χ2n) is 3.49. The quantitative estimate of drug-likeness (QED) is 0.768. The van der Waals surface area contributed by atoms with E-state index >= 15 is 0 Å². The van der Waals surface area contributed by atoms with Crippen LogP contribution in [0.15, 0.2) is 18.2 Å². The molecule has 1 unspecified atom stereocenters. The van der Waals surface area contributed by atoms with Crippen molar-refractivity contribution in [2.75, 3.05) is 5.32 Å². The van der Waals surface area contributed by atoms with Crippen LogP contribution in [0.5, 0.6) is 0 Å². The molecule has 0 aliphatic carbocycles. The average Bonchev–Trinajstić information content (AvgIpc) is 2.16. The summed E-state index contributed by atoms with van der Waals surface area (Å²) in [6, 6.07) is 2.83. The van der Waals surface area contributed by atoms with Gasteiger partial charge in [-0.25, -0.2) is 4.39 Å². The van der Waals surface area contributed by atoms with Gasteiger partial charge >= 0.3 is 5.97 Å². The van der Waals surface area contributed by atoms with Gasteiger partial charge in [-0.2, -0.15) is 0 Å². The lowest BCUT2D eigenvalue weighted by Gasteiger charge is -2.11.